The highest BCUT2D eigenvalue weighted by atomic mass is 16.5. The molecule has 2 aromatic rings. The first-order valence-corrected chi connectivity index (χ1v) is 7.05. The Morgan fingerprint density at radius 1 is 1.14 bits per heavy atom. The molecule has 0 aliphatic carbocycles. The first kappa shape index (κ1) is 15.3. The van der Waals surface area contributed by atoms with Crippen molar-refractivity contribution in [3.05, 3.63) is 42.1 Å². The number of hydrogen-bond donors (Lipinski definition) is 1. The van der Waals surface area contributed by atoms with E-state index >= 15 is 0 Å². The monoisotopic (exact) mass is 286 g/mol. The van der Waals surface area contributed by atoms with Gasteiger partial charge < -0.3 is 14.8 Å². The summed E-state index contributed by atoms with van der Waals surface area (Å²) < 4.78 is 10.8. The van der Waals surface area contributed by atoms with Gasteiger partial charge in [0, 0.05) is 24.3 Å². The highest BCUT2D eigenvalue weighted by Gasteiger charge is 2.12. The van der Waals surface area contributed by atoms with Crippen molar-refractivity contribution >= 4 is 0 Å². The van der Waals surface area contributed by atoms with Gasteiger partial charge in [0.15, 0.2) is 0 Å². The number of benzene rings is 1. The Bertz CT molecular complexity index is 597. The Kier molecular flexibility index (Phi) is 5.17. The van der Waals surface area contributed by atoms with Crippen LogP contribution in [0.4, 0.5) is 0 Å². The van der Waals surface area contributed by atoms with E-state index in [1.54, 1.807) is 20.4 Å². The maximum Gasteiger partial charge on any atom is 0.145 e. The highest BCUT2D eigenvalue weighted by Crippen LogP contribution is 2.32. The van der Waals surface area contributed by atoms with Gasteiger partial charge in [-0.2, -0.15) is 0 Å². The Hall–Kier alpha value is -2.07. The number of hydrogen-bond acceptors (Lipinski definition) is 4. The Labute approximate surface area is 126 Å². The summed E-state index contributed by atoms with van der Waals surface area (Å²) in [6.45, 7) is 5.01. The zero-order valence-corrected chi connectivity index (χ0v) is 13.0. The van der Waals surface area contributed by atoms with E-state index in [1.807, 2.05) is 30.3 Å². The molecule has 0 aliphatic heterocycles. The van der Waals surface area contributed by atoms with Crippen LogP contribution < -0.4 is 14.8 Å². The summed E-state index contributed by atoms with van der Waals surface area (Å²) in [5.74, 6) is 1.61. The van der Waals surface area contributed by atoms with Crippen molar-refractivity contribution in [1.82, 2.24) is 10.3 Å². The van der Waals surface area contributed by atoms with Crippen molar-refractivity contribution in [2.75, 3.05) is 14.2 Å². The minimum atomic E-state index is 0.412. The fourth-order valence-corrected chi connectivity index (χ4v) is 2.15. The van der Waals surface area contributed by atoms with Crippen molar-refractivity contribution in [3.63, 3.8) is 0 Å². The third-order valence-corrected chi connectivity index (χ3v) is 3.26. The third kappa shape index (κ3) is 3.73. The van der Waals surface area contributed by atoms with Crippen LogP contribution in [0.1, 0.15) is 19.4 Å². The van der Waals surface area contributed by atoms with Crippen molar-refractivity contribution < 1.29 is 9.47 Å². The van der Waals surface area contributed by atoms with Gasteiger partial charge in [-0.1, -0.05) is 13.8 Å². The summed E-state index contributed by atoms with van der Waals surface area (Å²) in [4.78, 5) is 4.47. The van der Waals surface area contributed by atoms with Crippen LogP contribution in [0, 0.1) is 0 Å². The maximum absolute atomic E-state index is 5.42. The van der Waals surface area contributed by atoms with Crippen molar-refractivity contribution in [2.24, 2.45) is 0 Å². The molecule has 1 N–H and O–H groups in total. The topological polar surface area (TPSA) is 43.4 Å². The molecule has 0 saturated heterocycles. The van der Waals surface area contributed by atoms with Gasteiger partial charge in [0.25, 0.3) is 0 Å². The molecule has 1 heterocycles. The van der Waals surface area contributed by atoms with E-state index in [0.717, 1.165) is 34.9 Å². The lowest BCUT2D eigenvalue weighted by Crippen LogP contribution is -2.22. The summed E-state index contributed by atoms with van der Waals surface area (Å²) in [5.41, 5.74) is 3.05. The molecule has 0 aliphatic rings. The summed E-state index contributed by atoms with van der Waals surface area (Å²) in [6.07, 6.45) is 1.78. The number of rotatable bonds is 6. The molecule has 2 rings (SSSR count). The first-order chi connectivity index (χ1) is 10.2. The van der Waals surface area contributed by atoms with E-state index in [1.165, 1.54) is 0 Å². The molecule has 1 aromatic carbocycles. The molecule has 0 spiro atoms. The molecular weight excluding hydrogens is 264 g/mol. The van der Waals surface area contributed by atoms with Gasteiger partial charge >= 0.3 is 0 Å². The number of aromatic nitrogens is 1. The number of methoxy groups -OCH3 is 2. The second-order valence-corrected chi connectivity index (χ2v) is 5.11. The lowest BCUT2D eigenvalue weighted by atomic mass is 10.0. The smallest absolute Gasteiger partial charge is 0.145 e. The Morgan fingerprint density at radius 3 is 2.62 bits per heavy atom. The molecule has 0 atom stereocenters. The summed E-state index contributed by atoms with van der Waals surface area (Å²) in [6, 6.07) is 10.2. The molecule has 0 saturated carbocycles. The molecule has 0 fully saturated rings. The number of ether oxygens (including phenoxy) is 2. The Balaban J connectivity index is 2.46. The second kappa shape index (κ2) is 7.09. The lowest BCUT2D eigenvalue weighted by molar-refractivity contribution is 0.412. The average molecular weight is 286 g/mol. The van der Waals surface area contributed by atoms with Crippen molar-refractivity contribution in [3.8, 4) is 22.8 Å². The van der Waals surface area contributed by atoms with E-state index in [2.05, 4.69) is 24.1 Å². The van der Waals surface area contributed by atoms with E-state index in [9.17, 15) is 0 Å². The molecule has 4 nitrogen and oxygen atoms in total. The molecule has 112 valence electrons. The molecule has 1 aromatic heterocycles. The molecule has 0 bridgehead atoms. The molecule has 4 heteroatoms. The fraction of sp³-hybridized carbons (Fsp3) is 0.353. The van der Waals surface area contributed by atoms with Gasteiger partial charge in [-0.05, 0) is 35.9 Å². The van der Waals surface area contributed by atoms with Crippen molar-refractivity contribution in [1.29, 1.82) is 0 Å². The summed E-state index contributed by atoms with van der Waals surface area (Å²) in [5, 5.41) is 3.44. The van der Waals surface area contributed by atoms with Crippen LogP contribution >= 0.6 is 0 Å². The standard InChI is InChI=1S/C17H22N2O2/c1-12(2)19-11-13-10-14(20-3)7-8-15(13)17-16(21-4)6-5-9-18-17/h5-10,12,19H,11H2,1-4H3. The van der Waals surface area contributed by atoms with Gasteiger partial charge in [-0.3, -0.25) is 4.98 Å². The van der Waals surface area contributed by atoms with Gasteiger partial charge in [-0.15, -0.1) is 0 Å². The van der Waals surface area contributed by atoms with Crippen LogP contribution in [0.15, 0.2) is 36.5 Å². The highest BCUT2D eigenvalue weighted by molar-refractivity contribution is 5.70. The van der Waals surface area contributed by atoms with Gasteiger partial charge in [0.05, 0.1) is 14.2 Å². The van der Waals surface area contributed by atoms with Crippen molar-refractivity contribution in [2.45, 2.75) is 26.4 Å². The second-order valence-electron chi connectivity index (χ2n) is 5.11. The minimum Gasteiger partial charge on any atom is -0.497 e. The van der Waals surface area contributed by atoms with Crippen LogP contribution in [0.2, 0.25) is 0 Å². The number of nitrogens with one attached hydrogen (secondary N) is 1. The summed E-state index contributed by atoms with van der Waals surface area (Å²) >= 11 is 0. The van der Waals surface area contributed by atoms with Crippen LogP contribution in [-0.4, -0.2) is 25.2 Å². The number of pyridine rings is 1. The van der Waals surface area contributed by atoms with Crippen LogP contribution in [0.25, 0.3) is 11.3 Å². The zero-order chi connectivity index (χ0) is 15.2. The quantitative estimate of drug-likeness (QED) is 0.885. The molecular formula is C17H22N2O2. The summed E-state index contributed by atoms with van der Waals surface area (Å²) in [7, 11) is 3.34. The molecule has 0 radical (unpaired) electrons. The first-order valence-electron chi connectivity index (χ1n) is 7.05. The van der Waals surface area contributed by atoms with E-state index in [0.29, 0.717) is 6.04 Å². The predicted molar refractivity (Wildman–Crippen MR) is 84.8 cm³/mol. The molecule has 0 unspecified atom stereocenters. The van der Waals surface area contributed by atoms with E-state index < -0.39 is 0 Å². The lowest BCUT2D eigenvalue weighted by Gasteiger charge is -2.15. The molecule has 21 heavy (non-hydrogen) atoms. The normalized spacial score (nSPS) is 10.7. The SMILES string of the molecule is COc1ccc(-c2ncccc2OC)c(CNC(C)C)c1. The molecule has 0 amide bonds. The van der Waals surface area contributed by atoms with E-state index in [4.69, 9.17) is 9.47 Å². The number of nitrogens with zero attached hydrogens (tertiary/aromatic N) is 1. The van der Waals surface area contributed by atoms with Crippen LogP contribution in [-0.2, 0) is 6.54 Å². The van der Waals surface area contributed by atoms with Crippen LogP contribution in [0.3, 0.4) is 0 Å². The van der Waals surface area contributed by atoms with Gasteiger partial charge in [0.2, 0.25) is 0 Å². The predicted octanol–water partition coefficient (Wildman–Crippen LogP) is 3.26. The average Bonchev–Trinajstić information content (AvgIpc) is 2.52. The maximum atomic E-state index is 5.42. The largest absolute Gasteiger partial charge is 0.497 e. The zero-order valence-electron chi connectivity index (χ0n) is 13.0. The van der Waals surface area contributed by atoms with Gasteiger partial charge in [0.1, 0.15) is 17.2 Å². The van der Waals surface area contributed by atoms with Crippen LogP contribution in [0.5, 0.6) is 11.5 Å². The third-order valence-electron chi connectivity index (χ3n) is 3.26. The Morgan fingerprint density at radius 2 is 1.95 bits per heavy atom. The van der Waals surface area contributed by atoms with E-state index in [-0.39, 0.29) is 0 Å². The van der Waals surface area contributed by atoms with Gasteiger partial charge in [-0.25, -0.2) is 0 Å². The fourth-order valence-electron chi connectivity index (χ4n) is 2.15. The minimum absolute atomic E-state index is 0.412.